The van der Waals surface area contributed by atoms with E-state index in [2.05, 4.69) is 46.4 Å². The van der Waals surface area contributed by atoms with Gasteiger partial charge in [-0.25, -0.2) is 0 Å². The number of nitrogens with zero attached hydrogens (tertiary/aromatic N) is 5. The van der Waals surface area contributed by atoms with Crippen LogP contribution in [0.4, 0.5) is 17.2 Å². The van der Waals surface area contributed by atoms with Gasteiger partial charge in [0, 0.05) is 57.6 Å². The standard InChI is InChI=1S/C21H28N6O2/c1-4-25(5-2)18-8-6-17(7-9-18)22-20-11-10-19(23-24-20)21(29)27-14-12-26(13-15-27)16(3)28/h6-11H,4-5,12-15H2,1-3H3,(H,22,24). The minimum Gasteiger partial charge on any atom is -0.372 e. The predicted molar refractivity (Wildman–Crippen MR) is 113 cm³/mol. The highest BCUT2D eigenvalue weighted by Crippen LogP contribution is 2.20. The Kier molecular flexibility index (Phi) is 6.64. The van der Waals surface area contributed by atoms with Gasteiger partial charge in [-0.1, -0.05) is 0 Å². The average molecular weight is 396 g/mol. The van der Waals surface area contributed by atoms with Gasteiger partial charge in [0.05, 0.1) is 0 Å². The molecule has 0 saturated carbocycles. The molecule has 1 aliphatic rings. The number of amides is 2. The number of hydrogen-bond acceptors (Lipinski definition) is 6. The van der Waals surface area contributed by atoms with Gasteiger partial charge >= 0.3 is 0 Å². The van der Waals surface area contributed by atoms with Crippen LogP contribution in [0.15, 0.2) is 36.4 Å². The highest BCUT2D eigenvalue weighted by Gasteiger charge is 2.24. The molecule has 0 aliphatic carbocycles. The van der Waals surface area contributed by atoms with Gasteiger partial charge in [0.2, 0.25) is 5.91 Å². The second-order valence-corrected chi connectivity index (χ2v) is 6.95. The first-order chi connectivity index (χ1) is 14.0. The monoisotopic (exact) mass is 396 g/mol. The Morgan fingerprint density at radius 3 is 2.07 bits per heavy atom. The van der Waals surface area contributed by atoms with Crippen molar-refractivity contribution in [2.75, 3.05) is 49.5 Å². The lowest BCUT2D eigenvalue weighted by molar-refractivity contribution is -0.130. The van der Waals surface area contributed by atoms with E-state index in [1.165, 1.54) is 5.69 Å². The van der Waals surface area contributed by atoms with Crippen LogP contribution in [0.1, 0.15) is 31.3 Å². The van der Waals surface area contributed by atoms with Crippen molar-refractivity contribution in [2.45, 2.75) is 20.8 Å². The Hall–Kier alpha value is -3.16. The molecule has 2 heterocycles. The van der Waals surface area contributed by atoms with Crippen molar-refractivity contribution < 1.29 is 9.59 Å². The van der Waals surface area contributed by atoms with Gasteiger partial charge in [-0.15, -0.1) is 10.2 Å². The first-order valence-electron chi connectivity index (χ1n) is 10.0. The quantitative estimate of drug-likeness (QED) is 0.807. The fraction of sp³-hybridized carbons (Fsp3) is 0.429. The molecular formula is C21H28N6O2. The van der Waals surface area contributed by atoms with E-state index >= 15 is 0 Å². The highest BCUT2D eigenvalue weighted by atomic mass is 16.2. The zero-order valence-corrected chi connectivity index (χ0v) is 17.3. The van der Waals surface area contributed by atoms with E-state index in [1.54, 1.807) is 28.9 Å². The van der Waals surface area contributed by atoms with Crippen molar-refractivity contribution in [3.8, 4) is 0 Å². The van der Waals surface area contributed by atoms with Crippen molar-refractivity contribution in [3.05, 3.63) is 42.1 Å². The van der Waals surface area contributed by atoms with E-state index in [0.29, 0.717) is 37.7 Å². The van der Waals surface area contributed by atoms with Gasteiger partial charge in [-0.3, -0.25) is 9.59 Å². The normalized spacial score (nSPS) is 13.9. The van der Waals surface area contributed by atoms with Gasteiger partial charge < -0.3 is 20.0 Å². The van der Waals surface area contributed by atoms with E-state index in [1.807, 2.05) is 12.1 Å². The van der Waals surface area contributed by atoms with E-state index in [9.17, 15) is 9.59 Å². The second kappa shape index (κ2) is 9.36. The molecule has 8 heteroatoms. The molecule has 1 aliphatic heterocycles. The van der Waals surface area contributed by atoms with Crippen molar-refractivity contribution in [3.63, 3.8) is 0 Å². The topological polar surface area (TPSA) is 81.7 Å². The molecule has 0 radical (unpaired) electrons. The Labute approximate surface area is 171 Å². The van der Waals surface area contributed by atoms with Crippen molar-refractivity contribution >= 4 is 29.0 Å². The number of piperazine rings is 1. The summed E-state index contributed by atoms with van der Waals surface area (Å²) in [7, 11) is 0. The molecule has 1 fully saturated rings. The highest BCUT2D eigenvalue weighted by molar-refractivity contribution is 5.92. The number of anilines is 3. The minimum absolute atomic E-state index is 0.0393. The number of carbonyl (C=O) groups is 2. The maximum absolute atomic E-state index is 12.6. The summed E-state index contributed by atoms with van der Waals surface area (Å²) in [5.41, 5.74) is 2.40. The third-order valence-corrected chi connectivity index (χ3v) is 5.16. The van der Waals surface area contributed by atoms with Crippen LogP contribution in [0.25, 0.3) is 0 Å². The van der Waals surface area contributed by atoms with E-state index in [-0.39, 0.29) is 11.8 Å². The first kappa shape index (κ1) is 20.6. The Morgan fingerprint density at radius 2 is 1.55 bits per heavy atom. The Balaban J connectivity index is 1.59. The number of hydrogen-bond donors (Lipinski definition) is 1. The lowest BCUT2D eigenvalue weighted by Gasteiger charge is -2.33. The molecular weight excluding hydrogens is 368 g/mol. The van der Waals surface area contributed by atoms with Crippen molar-refractivity contribution in [1.82, 2.24) is 20.0 Å². The van der Waals surface area contributed by atoms with Crippen molar-refractivity contribution in [1.29, 1.82) is 0 Å². The lowest BCUT2D eigenvalue weighted by atomic mass is 10.2. The summed E-state index contributed by atoms with van der Waals surface area (Å²) in [6, 6.07) is 11.6. The summed E-state index contributed by atoms with van der Waals surface area (Å²) >= 11 is 0. The zero-order chi connectivity index (χ0) is 20.8. The average Bonchev–Trinajstić information content (AvgIpc) is 2.76. The molecule has 1 saturated heterocycles. The molecule has 0 atom stereocenters. The summed E-state index contributed by atoms with van der Waals surface area (Å²) in [4.78, 5) is 29.7. The molecule has 8 nitrogen and oxygen atoms in total. The Bertz CT molecular complexity index is 825. The molecule has 2 amide bonds. The summed E-state index contributed by atoms with van der Waals surface area (Å²) in [6.07, 6.45) is 0. The maximum Gasteiger partial charge on any atom is 0.274 e. The smallest absolute Gasteiger partial charge is 0.274 e. The molecule has 1 aromatic heterocycles. The van der Waals surface area contributed by atoms with Crippen LogP contribution in [0, 0.1) is 0 Å². The Morgan fingerprint density at radius 1 is 0.931 bits per heavy atom. The zero-order valence-electron chi connectivity index (χ0n) is 17.3. The molecule has 29 heavy (non-hydrogen) atoms. The van der Waals surface area contributed by atoms with Crippen LogP contribution in [0.5, 0.6) is 0 Å². The van der Waals surface area contributed by atoms with Gasteiger partial charge in [0.25, 0.3) is 5.91 Å². The van der Waals surface area contributed by atoms with E-state index in [4.69, 9.17) is 0 Å². The molecule has 0 unspecified atom stereocenters. The van der Waals surface area contributed by atoms with Crippen molar-refractivity contribution in [2.24, 2.45) is 0 Å². The van der Waals surface area contributed by atoms with Gasteiger partial charge in [-0.05, 0) is 50.2 Å². The van der Waals surface area contributed by atoms with Gasteiger partial charge in [0.15, 0.2) is 11.5 Å². The van der Waals surface area contributed by atoms with Gasteiger partial charge in [0.1, 0.15) is 0 Å². The van der Waals surface area contributed by atoms with Crippen LogP contribution < -0.4 is 10.2 Å². The fourth-order valence-corrected chi connectivity index (χ4v) is 3.39. The molecule has 1 aromatic carbocycles. The second-order valence-electron chi connectivity index (χ2n) is 6.95. The molecule has 154 valence electrons. The molecule has 2 aromatic rings. The van der Waals surface area contributed by atoms with Crippen LogP contribution >= 0.6 is 0 Å². The third-order valence-electron chi connectivity index (χ3n) is 5.16. The number of carbonyl (C=O) groups excluding carboxylic acids is 2. The van der Waals surface area contributed by atoms with Crippen LogP contribution in [-0.4, -0.2) is 71.1 Å². The van der Waals surface area contributed by atoms with Crippen LogP contribution in [0.3, 0.4) is 0 Å². The first-order valence-corrected chi connectivity index (χ1v) is 10.0. The molecule has 1 N–H and O–H groups in total. The summed E-state index contributed by atoms with van der Waals surface area (Å²) in [5, 5.41) is 11.4. The SMILES string of the molecule is CCN(CC)c1ccc(Nc2ccc(C(=O)N3CCN(C(C)=O)CC3)nn2)cc1. The van der Waals surface area contributed by atoms with E-state index in [0.717, 1.165) is 18.8 Å². The lowest BCUT2D eigenvalue weighted by Crippen LogP contribution is -2.50. The van der Waals surface area contributed by atoms with Gasteiger partial charge in [-0.2, -0.15) is 0 Å². The third kappa shape index (κ3) is 5.01. The molecule has 0 bridgehead atoms. The number of rotatable bonds is 6. The van der Waals surface area contributed by atoms with Crippen LogP contribution in [-0.2, 0) is 4.79 Å². The number of nitrogens with one attached hydrogen (secondary N) is 1. The largest absolute Gasteiger partial charge is 0.372 e. The van der Waals surface area contributed by atoms with Crippen LogP contribution in [0.2, 0.25) is 0 Å². The summed E-state index contributed by atoms with van der Waals surface area (Å²) < 4.78 is 0. The predicted octanol–water partition coefficient (Wildman–Crippen LogP) is 2.37. The molecule has 0 spiro atoms. The maximum atomic E-state index is 12.6. The fourth-order valence-electron chi connectivity index (χ4n) is 3.39. The molecule has 3 rings (SSSR count). The minimum atomic E-state index is -0.157. The summed E-state index contributed by atoms with van der Waals surface area (Å²) in [6.45, 7) is 9.88. The van der Waals surface area contributed by atoms with E-state index < -0.39 is 0 Å². The number of aromatic nitrogens is 2. The number of benzene rings is 1. The summed E-state index contributed by atoms with van der Waals surface area (Å²) in [5.74, 6) is 0.465.